The SMILES string of the molecule is Clc1ccc2c(c1)CC[C@@H]2CCC1OCCO1. The second-order valence-corrected chi connectivity index (χ2v) is 5.26. The highest BCUT2D eigenvalue weighted by atomic mass is 35.5. The lowest BCUT2D eigenvalue weighted by Gasteiger charge is -2.14. The van der Waals surface area contributed by atoms with Gasteiger partial charge < -0.3 is 9.47 Å². The van der Waals surface area contributed by atoms with Gasteiger partial charge >= 0.3 is 0 Å². The first-order valence-electron chi connectivity index (χ1n) is 6.34. The second-order valence-electron chi connectivity index (χ2n) is 4.83. The van der Waals surface area contributed by atoms with Crippen LogP contribution < -0.4 is 0 Å². The molecule has 1 aromatic carbocycles. The van der Waals surface area contributed by atoms with Gasteiger partial charge in [-0.1, -0.05) is 17.7 Å². The summed E-state index contributed by atoms with van der Waals surface area (Å²) < 4.78 is 11.0. The largest absolute Gasteiger partial charge is 0.350 e. The summed E-state index contributed by atoms with van der Waals surface area (Å²) in [7, 11) is 0. The van der Waals surface area contributed by atoms with E-state index in [-0.39, 0.29) is 6.29 Å². The van der Waals surface area contributed by atoms with Gasteiger partial charge in [0, 0.05) is 5.02 Å². The highest BCUT2D eigenvalue weighted by Crippen LogP contribution is 2.38. The fourth-order valence-electron chi connectivity index (χ4n) is 2.89. The molecule has 1 aliphatic carbocycles. The van der Waals surface area contributed by atoms with Crippen LogP contribution in [0.2, 0.25) is 5.02 Å². The molecule has 0 amide bonds. The van der Waals surface area contributed by atoms with Crippen LogP contribution in [0.25, 0.3) is 0 Å². The fraction of sp³-hybridized carbons (Fsp3) is 0.571. The van der Waals surface area contributed by atoms with Crippen molar-refractivity contribution in [2.45, 2.75) is 37.9 Å². The van der Waals surface area contributed by atoms with Crippen LogP contribution in [0.1, 0.15) is 36.3 Å². The molecule has 0 radical (unpaired) electrons. The summed E-state index contributed by atoms with van der Waals surface area (Å²) in [4.78, 5) is 0. The van der Waals surface area contributed by atoms with Gasteiger partial charge in [-0.25, -0.2) is 0 Å². The van der Waals surface area contributed by atoms with Gasteiger partial charge in [-0.05, 0) is 54.9 Å². The minimum atomic E-state index is 0.0337. The monoisotopic (exact) mass is 252 g/mol. The average Bonchev–Trinajstić information content (AvgIpc) is 2.94. The predicted octanol–water partition coefficient (Wildman–Crippen LogP) is 3.52. The van der Waals surface area contributed by atoms with Gasteiger partial charge in [0.1, 0.15) is 0 Å². The predicted molar refractivity (Wildman–Crippen MR) is 67.4 cm³/mol. The van der Waals surface area contributed by atoms with Gasteiger partial charge in [-0.15, -0.1) is 0 Å². The lowest BCUT2D eigenvalue weighted by atomic mass is 9.96. The number of benzene rings is 1. The molecule has 1 aliphatic heterocycles. The molecule has 2 aliphatic rings. The molecule has 1 heterocycles. The van der Waals surface area contributed by atoms with Crippen molar-refractivity contribution in [2.75, 3.05) is 13.2 Å². The first-order chi connectivity index (χ1) is 8.33. The van der Waals surface area contributed by atoms with Crippen LogP contribution >= 0.6 is 11.6 Å². The number of ether oxygens (including phenoxy) is 2. The number of rotatable bonds is 3. The first kappa shape index (κ1) is 11.5. The summed E-state index contributed by atoms with van der Waals surface area (Å²) in [6.45, 7) is 1.50. The van der Waals surface area contributed by atoms with Crippen LogP contribution in [0, 0.1) is 0 Å². The topological polar surface area (TPSA) is 18.5 Å². The van der Waals surface area contributed by atoms with Crippen molar-refractivity contribution in [2.24, 2.45) is 0 Å². The van der Waals surface area contributed by atoms with Crippen LogP contribution in [0.3, 0.4) is 0 Å². The van der Waals surface area contributed by atoms with Crippen LogP contribution in [0.4, 0.5) is 0 Å². The Labute approximate surface area is 107 Å². The zero-order chi connectivity index (χ0) is 11.7. The van der Waals surface area contributed by atoms with E-state index in [2.05, 4.69) is 12.1 Å². The molecule has 2 nitrogen and oxygen atoms in total. The normalized spacial score (nSPS) is 24.2. The maximum atomic E-state index is 6.01. The Hall–Kier alpha value is -0.570. The van der Waals surface area contributed by atoms with E-state index in [4.69, 9.17) is 21.1 Å². The lowest BCUT2D eigenvalue weighted by molar-refractivity contribution is -0.0487. The molecule has 3 heteroatoms. The number of halogens is 1. The van der Waals surface area contributed by atoms with Gasteiger partial charge in [0.05, 0.1) is 13.2 Å². The fourth-order valence-corrected chi connectivity index (χ4v) is 3.08. The molecule has 3 rings (SSSR count). The number of fused-ring (bicyclic) bond motifs is 1. The Bertz CT molecular complexity index is 399. The Balaban J connectivity index is 1.63. The molecular formula is C14H17ClO2. The van der Waals surface area contributed by atoms with E-state index in [1.165, 1.54) is 17.5 Å². The van der Waals surface area contributed by atoms with E-state index in [0.717, 1.165) is 37.5 Å². The highest BCUT2D eigenvalue weighted by Gasteiger charge is 2.24. The van der Waals surface area contributed by atoms with E-state index in [1.807, 2.05) is 6.07 Å². The molecule has 0 bridgehead atoms. The number of aryl methyl sites for hydroxylation is 1. The van der Waals surface area contributed by atoms with Crippen LogP contribution in [-0.4, -0.2) is 19.5 Å². The van der Waals surface area contributed by atoms with Crippen molar-refractivity contribution < 1.29 is 9.47 Å². The van der Waals surface area contributed by atoms with Crippen molar-refractivity contribution in [3.05, 3.63) is 34.3 Å². The van der Waals surface area contributed by atoms with E-state index in [1.54, 1.807) is 0 Å². The van der Waals surface area contributed by atoms with E-state index < -0.39 is 0 Å². The van der Waals surface area contributed by atoms with Crippen molar-refractivity contribution in [1.29, 1.82) is 0 Å². The van der Waals surface area contributed by atoms with E-state index in [9.17, 15) is 0 Å². The Morgan fingerprint density at radius 1 is 1.18 bits per heavy atom. The quantitative estimate of drug-likeness (QED) is 0.820. The smallest absolute Gasteiger partial charge is 0.157 e. The summed E-state index contributed by atoms with van der Waals surface area (Å²) in [5, 5.41) is 0.854. The van der Waals surface area contributed by atoms with Gasteiger partial charge in [-0.3, -0.25) is 0 Å². The van der Waals surface area contributed by atoms with Gasteiger partial charge in [0.25, 0.3) is 0 Å². The highest BCUT2D eigenvalue weighted by molar-refractivity contribution is 6.30. The number of hydrogen-bond acceptors (Lipinski definition) is 2. The summed E-state index contributed by atoms with van der Waals surface area (Å²) in [5.74, 6) is 0.662. The maximum Gasteiger partial charge on any atom is 0.157 e. The maximum absolute atomic E-state index is 6.01. The van der Waals surface area contributed by atoms with Crippen molar-refractivity contribution in [3.8, 4) is 0 Å². The average molecular weight is 253 g/mol. The standard InChI is InChI=1S/C14H17ClO2/c15-12-4-5-13-10(1-2-11(13)9-12)3-6-14-16-7-8-17-14/h4-5,9-10,14H,1-3,6-8H2/t10-/m1/s1. The van der Waals surface area contributed by atoms with Gasteiger partial charge in [-0.2, -0.15) is 0 Å². The van der Waals surface area contributed by atoms with Gasteiger partial charge in [0.2, 0.25) is 0 Å². The van der Waals surface area contributed by atoms with Gasteiger partial charge in [0.15, 0.2) is 6.29 Å². The zero-order valence-corrected chi connectivity index (χ0v) is 10.6. The van der Waals surface area contributed by atoms with Crippen LogP contribution in [-0.2, 0) is 15.9 Å². The zero-order valence-electron chi connectivity index (χ0n) is 9.82. The third-order valence-electron chi connectivity index (χ3n) is 3.75. The number of hydrogen-bond donors (Lipinski definition) is 0. The van der Waals surface area contributed by atoms with Crippen molar-refractivity contribution in [3.63, 3.8) is 0 Å². The molecule has 92 valence electrons. The third-order valence-corrected chi connectivity index (χ3v) is 3.98. The van der Waals surface area contributed by atoms with Crippen LogP contribution in [0.15, 0.2) is 18.2 Å². The second kappa shape index (κ2) is 4.97. The molecule has 17 heavy (non-hydrogen) atoms. The molecule has 1 saturated heterocycles. The molecule has 0 spiro atoms. The molecule has 1 aromatic rings. The minimum Gasteiger partial charge on any atom is -0.350 e. The molecule has 0 aromatic heterocycles. The summed E-state index contributed by atoms with van der Waals surface area (Å²) >= 11 is 6.01. The van der Waals surface area contributed by atoms with E-state index >= 15 is 0 Å². The minimum absolute atomic E-state index is 0.0337. The van der Waals surface area contributed by atoms with E-state index in [0.29, 0.717) is 5.92 Å². The first-order valence-corrected chi connectivity index (χ1v) is 6.72. The van der Waals surface area contributed by atoms with Crippen molar-refractivity contribution in [1.82, 2.24) is 0 Å². The Morgan fingerprint density at radius 2 is 2.00 bits per heavy atom. The molecule has 0 N–H and O–H groups in total. The van der Waals surface area contributed by atoms with Crippen molar-refractivity contribution >= 4 is 11.6 Å². The molecule has 1 atom stereocenters. The summed E-state index contributed by atoms with van der Waals surface area (Å²) in [6.07, 6.45) is 4.59. The van der Waals surface area contributed by atoms with Crippen LogP contribution in [0.5, 0.6) is 0 Å². The lowest BCUT2D eigenvalue weighted by Crippen LogP contribution is -2.09. The summed E-state index contributed by atoms with van der Waals surface area (Å²) in [5.41, 5.74) is 2.91. The Kier molecular flexibility index (Phi) is 3.37. The molecular weight excluding hydrogens is 236 g/mol. The molecule has 0 saturated carbocycles. The summed E-state index contributed by atoms with van der Waals surface area (Å²) in [6, 6.07) is 6.30. The Morgan fingerprint density at radius 3 is 2.82 bits per heavy atom. The molecule has 1 fully saturated rings. The third kappa shape index (κ3) is 2.49. The molecule has 0 unspecified atom stereocenters.